The normalized spacial score (nSPS) is 11.4. The van der Waals surface area contributed by atoms with Gasteiger partial charge in [0.05, 0.1) is 6.54 Å². The monoisotopic (exact) mass is 260 g/mol. The molecule has 0 aromatic heterocycles. The first kappa shape index (κ1) is 14.5. The van der Waals surface area contributed by atoms with E-state index in [0.717, 1.165) is 0 Å². The summed E-state index contributed by atoms with van der Waals surface area (Å²) in [5.74, 6) is -3.92. The van der Waals surface area contributed by atoms with Gasteiger partial charge in [-0.1, -0.05) is 0 Å². The summed E-state index contributed by atoms with van der Waals surface area (Å²) < 4.78 is 39.1. The minimum Gasteiger partial charge on any atom is -0.320 e. The van der Waals surface area contributed by atoms with Gasteiger partial charge in [0.25, 0.3) is 0 Å². The number of hydrogen-bond acceptors (Lipinski definition) is 2. The molecule has 0 saturated carbocycles. The molecule has 0 atom stereocenters. The fourth-order valence-electron chi connectivity index (χ4n) is 1.19. The van der Waals surface area contributed by atoms with E-state index in [1.807, 2.05) is 20.8 Å². The van der Waals surface area contributed by atoms with Crippen molar-refractivity contribution in [3.63, 3.8) is 0 Å². The van der Waals surface area contributed by atoms with Gasteiger partial charge in [-0.05, 0) is 20.8 Å². The Bertz CT molecular complexity index is 432. The number of hydrogen-bond donors (Lipinski definition) is 2. The Hall–Kier alpha value is -1.56. The lowest BCUT2D eigenvalue weighted by atomic mass is 10.1. The van der Waals surface area contributed by atoms with E-state index in [1.54, 1.807) is 0 Å². The second-order valence-electron chi connectivity index (χ2n) is 4.90. The second kappa shape index (κ2) is 5.39. The van der Waals surface area contributed by atoms with Crippen LogP contribution < -0.4 is 10.6 Å². The zero-order valence-electron chi connectivity index (χ0n) is 10.4. The molecule has 0 heterocycles. The molecule has 0 aliphatic carbocycles. The van der Waals surface area contributed by atoms with Gasteiger partial charge in [0.1, 0.15) is 11.5 Å². The molecule has 18 heavy (non-hydrogen) atoms. The number of anilines is 1. The Kier molecular flexibility index (Phi) is 4.34. The van der Waals surface area contributed by atoms with Crippen LogP contribution in [0.2, 0.25) is 0 Å². The molecule has 0 radical (unpaired) electrons. The number of nitrogens with one attached hydrogen (secondary N) is 2. The van der Waals surface area contributed by atoms with Crippen LogP contribution in [0.4, 0.5) is 18.9 Å². The minimum atomic E-state index is -1.14. The van der Waals surface area contributed by atoms with Crippen molar-refractivity contribution in [2.24, 2.45) is 0 Å². The summed E-state index contributed by atoms with van der Waals surface area (Å²) in [5, 5.41) is 4.92. The summed E-state index contributed by atoms with van der Waals surface area (Å²) in [7, 11) is 0. The Balaban J connectivity index is 2.71. The molecule has 0 bridgehead atoms. The van der Waals surface area contributed by atoms with Crippen molar-refractivity contribution in [1.82, 2.24) is 5.32 Å². The lowest BCUT2D eigenvalue weighted by Crippen LogP contribution is -2.41. The van der Waals surface area contributed by atoms with E-state index >= 15 is 0 Å². The van der Waals surface area contributed by atoms with Crippen LogP contribution in [0.15, 0.2) is 12.1 Å². The van der Waals surface area contributed by atoms with Gasteiger partial charge in [-0.15, -0.1) is 0 Å². The highest BCUT2D eigenvalue weighted by atomic mass is 19.1. The molecule has 0 saturated heterocycles. The molecular weight excluding hydrogens is 245 g/mol. The fraction of sp³-hybridized carbons (Fsp3) is 0.417. The maximum Gasteiger partial charge on any atom is 0.238 e. The van der Waals surface area contributed by atoms with Crippen LogP contribution in [0, 0.1) is 17.5 Å². The molecule has 1 rings (SSSR count). The molecule has 0 unspecified atom stereocenters. The fourth-order valence-corrected chi connectivity index (χ4v) is 1.19. The first-order valence-electron chi connectivity index (χ1n) is 5.38. The summed E-state index contributed by atoms with van der Waals surface area (Å²) in [5.41, 5.74) is -0.936. The largest absolute Gasteiger partial charge is 0.320 e. The van der Waals surface area contributed by atoms with Crippen LogP contribution >= 0.6 is 0 Å². The summed E-state index contributed by atoms with van der Waals surface area (Å²) in [6, 6.07) is 1.02. The third-order valence-electron chi connectivity index (χ3n) is 2.05. The van der Waals surface area contributed by atoms with Crippen molar-refractivity contribution >= 4 is 11.6 Å². The first-order chi connectivity index (χ1) is 8.19. The molecule has 6 heteroatoms. The maximum atomic E-state index is 13.2. The predicted molar refractivity (Wildman–Crippen MR) is 62.7 cm³/mol. The standard InChI is InChI=1S/C12H15F3N2O/c1-12(2,3)16-6-10(18)17-11-8(14)4-7(13)5-9(11)15/h4-5,16H,6H2,1-3H3,(H,17,18). The maximum absolute atomic E-state index is 13.2. The van der Waals surface area contributed by atoms with E-state index in [9.17, 15) is 18.0 Å². The molecule has 3 nitrogen and oxygen atoms in total. The van der Waals surface area contributed by atoms with Crippen molar-refractivity contribution in [3.05, 3.63) is 29.6 Å². The molecule has 1 amide bonds. The Labute approximate surface area is 103 Å². The van der Waals surface area contributed by atoms with E-state index in [-0.39, 0.29) is 12.1 Å². The smallest absolute Gasteiger partial charge is 0.238 e. The number of amides is 1. The number of halogens is 3. The Morgan fingerprint density at radius 2 is 1.67 bits per heavy atom. The van der Waals surface area contributed by atoms with Crippen LogP contribution in [0.1, 0.15) is 20.8 Å². The van der Waals surface area contributed by atoms with Crippen LogP contribution in [0.25, 0.3) is 0 Å². The molecule has 1 aromatic carbocycles. The van der Waals surface area contributed by atoms with Gasteiger partial charge in [-0.25, -0.2) is 13.2 Å². The molecule has 1 aromatic rings. The highest BCUT2D eigenvalue weighted by molar-refractivity contribution is 5.92. The Morgan fingerprint density at radius 1 is 1.17 bits per heavy atom. The van der Waals surface area contributed by atoms with Crippen molar-refractivity contribution in [3.8, 4) is 0 Å². The Morgan fingerprint density at radius 3 is 2.11 bits per heavy atom. The first-order valence-corrected chi connectivity index (χ1v) is 5.38. The number of benzene rings is 1. The number of carbonyl (C=O) groups excluding carboxylic acids is 1. The highest BCUT2D eigenvalue weighted by Crippen LogP contribution is 2.19. The summed E-state index contributed by atoms with van der Waals surface area (Å²) >= 11 is 0. The van der Waals surface area contributed by atoms with E-state index in [2.05, 4.69) is 10.6 Å². The van der Waals surface area contributed by atoms with Gasteiger partial charge in [0.2, 0.25) is 5.91 Å². The molecule has 0 spiro atoms. The van der Waals surface area contributed by atoms with Gasteiger partial charge in [0, 0.05) is 17.7 Å². The molecule has 100 valence electrons. The van der Waals surface area contributed by atoms with Gasteiger partial charge >= 0.3 is 0 Å². The van der Waals surface area contributed by atoms with E-state index in [1.165, 1.54) is 0 Å². The highest BCUT2D eigenvalue weighted by Gasteiger charge is 2.16. The zero-order valence-corrected chi connectivity index (χ0v) is 10.4. The lowest BCUT2D eigenvalue weighted by Gasteiger charge is -2.20. The zero-order chi connectivity index (χ0) is 13.9. The van der Waals surface area contributed by atoms with E-state index in [4.69, 9.17) is 0 Å². The van der Waals surface area contributed by atoms with Gasteiger partial charge in [0.15, 0.2) is 11.6 Å². The third kappa shape index (κ3) is 4.37. The lowest BCUT2D eigenvalue weighted by molar-refractivity contribution is -0.115. The van der Waals surface area contributed by atoms with Crippen molar-refractivity contribution in [2.75, 3.05) is 11.9 Å². The van der Waals surface area contributed by atoms with Crippen molar-refractivity contribution in [2.45, 2.75) is 26.3 Å². The molecule has 0 aliphatic rings. The van der Waals surface area contributed by atoms with Crippen LogP contribution in [-0.2, 0) is 4.79 Å². The molecule has 2 N–H and O–H groups in total. The van der Waals surface area contributed by atoms with Crippen molar-refractivity contribution < 1.29 is 18.0 Å². The summed E-state index contributed by atoms with van der Waals surface area (Å²) in [6.45, 7) is 5.44. The third-order valence-corrected chi connectivity index (χ3v) is 2.05. The number of rotatable bonds is 3. The van der Waals surface area contributed by atoms with E-state index in [0.29, 0.717) is 12.1 Å². The predicted octanol–water partition coefficient (Wildman–Crippen LogP) is 2.43. The molecular formula is C12H15F3N2O. The summed E-state index contributed by atoms with van der Waals surface area (Å²) in [6.07, 6.45) is 0. The number of carbonyl (C=O) groups is 1. The molecule has 0 aliphatic heterocycles. The van der Waals surface area contributed by atoms with Crippen LogP contribution in [-0.4, -0.2) is 18.0 Å². The minimum absolute atomic E-state index is 0.0975. The summed E-state index contributed by atoms with van der Waals surface area (Å²) in [4.78, 5) is 11.4. The van der Waals surface area contributed by atoms with Crippen LogP contribution in [0.3, 0.4) is 0 Å². The average molecular weight is 260 g/mol. The topological polar surface area (TPSA) is 41.1 Å². The second-order valence-corrected chi connectivity index (χ2v) is 4.90. The molecule has 0 fully saturated rings. The van der Waals surface area contributed by atoms with Crippen LogP contribution in [0.5, 0.6) is 0 Å². The SMILES string of the molecule is CC(C)(C)NCC(=O)Nc1c(F)cc(F)cc1F. The average Bonchev–Trinajstić information content (AvgIpc) is 2.19. The van der Waals surface area contributed by atoms with Gasteiger partial charge in [-0.2, -0.15) is 0 Å². The van der Waals surface area contributed by atoms with Gasteiger partial charge < -0.3 is 10.6 Å². The van der Waals surface area contributed by atoms with E-state index < -0.39 is 29.0 Å². The van der Waals surface area contributed by atoms with Crippen molar-refractivity contribution in [1.29, 1.82) is 0 Å². The quantitative estimate of drug-likeness (QED) is 0.876. The van der Waals surface area contributed by atoms with Gasteiger partial charge in [-0.3, -0.25) is 4.79 Å².